The Hall–Kier alpha value is -1.87. The van der Waals surface area contributed by atoms with E-state index in [-0.39, 0.29) is 0 Å². The summed E-state index contributed by atoms with van der Waals surface area (Å²) >= 11 is 0. The first-order valence-electron chi connectivity index (χ1n) is 6.01. The minimum Gasteiger partial charge on any atom is -0.224 e. The second kappa shape index (κ2) is 5.41. The van der Waals surface area contributed by atoms with Gasteiger partial charge in [-0.1, -0.05) is 48.5 Å². The molecule has 0 bridgehead atoms. The Morgan fingerprint density at radius 3 is 2.05 bits per heavy atom. The van der Waals surface area contributed by atoms with E-state index in [1.165, 1.54) is 6.26 Å². The molecular weight excluding hydrogens is 256 g/mol. The fourth-order valence-electron chi connectivity index (χ4n) is 1.85. The highest BCUT2D eigenvalue weighted by Gasteiger charge is 2.06. The molecule has 0 radical (unpaired) electrons. The molecule has 0 aliphatic carbocycles. The second-order valence-corrected chi connectivity index (χ2v) is 6.55. The molecule has 2 nitrogen and oxygen atoms in total. The number of sulfone groups is 1. The summed E-state index contributed by atoms with van der Waals surface area (Å²) in [6.07, 6.45) is 3.30. The zero-order chi connectivity index (χ0) is 13.9. The molecule has 0 amide bonds. The third-order valence-corrected chi connectivity index (χ3v) is 4.05. The molecule has 0 atom stereocenters. The minimum absolute atomic E-state index is 0.351. The van der Waals surface area contributed by atoms with Gasteiger partial charge in [-0.15, -0.1) is 0 Å². The molecule has 0 aliphatic rings. The molecular formula is C16H16O2S. The van der Waals surface area contributed by atoms with E-state index >= 15 is 0 Å². The molecule has 19 heavy (non-hydrogen) atoms. The molecule has 0 N–H and O–H groups in total. The lowest BCUT2D eigenvalue weighted by molar-refractivity contribution is 0.602. The summed E-state index contributed by atoms with van der Waals surface area (Å²) < 4.78 is 22.8. The number of rotatable bonds is 3. The third kappa shape index (κ3) is 3.55. The van der Waals surface area contributed by atoms with Gasteiger partial charge < -0.3 is 0 Å². The second-order valence-electron chi connectivity index (χ2n) is 4.53. The van der Waals surface area contributed by atoms with Crippen molar-refractivity contribution in [2.45, 2.75) is 11.8 Å². The van der Waals surface area contributed by atoms with Crippen molar-refractivity contribution in [2.75, 3.05) is 6.26 Å². The molecule has 0 saturated carbocycles. The van der Waals surface area contributed by atoms with Gasteiger partial charge in [0.15, 0.2) is 9.84 Å². The minimum atomic E-state index is -3.12. The predicted molar refractivity (Wildman–Crippen MR) is 79.5 cm³/mol. The maximum Gasteiger partial charge on any atom is 0.175 e. The zero-order valence-corrected chi connectivity index (χ0v) is 11.8. The van der Waals surface area contributed by atoms with Gasteiger partial charge in [-0.3, -0.25) is 0 Å². The van der Waals surface area contributed by atoms with Crippen molar-refractivity contribution in [3.8, 4) is 0 Å². The maximum atomic E-state index is 11.4. The summed E-state index contributed by atoms with van der Waals surface area (Å²) in [7, 11) is -3.12. The Bertz CT molecular complexity index is 681. The molecule has 98 valence electrons. The van der Waals surface area contributed by atoms with Crippen LogP contribution in [0.15, 0.2) is 59.5 Å². The van der Waals surface area contributed by atoms with Crippen LogP contribution in [0.5, 0.6) is 0 Å². The molecule has 0 saturated heterocycles. The maximum absolute atomic E-state index is 11.4. The van der Waals surface area contributed by atoms with Gasteiger partial charge >= 0.3 is 0 Å². The smallest absolute Gasteiger partial charge is 0.175 e. The predicted octanol–water partition coefficient (Wildman–Crippen LogP) is 3.65. The van der Waals surface area contributed by atoms with E-state index < -0.39 is 9.84 Å². The normalized spacial score (nSPS) is 12.4. The van der Waals surface area contributed by atoms with E-state index in [9.17, 15) is 8.42 Å². The summed E-state index contributed by atoms with van der Waals surface area (Å²) in [5.74, 6) is 0. The van der Waals surface area contributed by atoms with Crippen molar-refractivity contribution in [3.05, 3.63) is 65.7 Å². The van der Waals surface area contributed by atoms with Crippen LogP contribution in [-0.2, 0) is 9.84 Å². The van der Waals surface area contributed by atoms with E-state index in [1.54, 1.807) is 12.1 Å². The SMILES string of the molecule is C/C(=C\c1ccccc1)c1ccc(S(C)(=O)=O)cc1. The Morgan fingerprint density at radius 1 is 0.947 bits per heavy atom. The fourth-order valence-corrected chi connectivity index (χ4v) is 2.48. The fraction of sp³-hybridized carbons (Fsp3) is 0.125. The van der Waals surface area contributed by atoms with E-state index in [0.717, 1.165) is 16.7 Å². The molecule has 0 heterocycles. The standard InChI is InChI=1S/C16H16O2S/c1-13(12-14-6-4-3-5-7-14)15-8-10-16(11-9-15)19(2,17)18/h3-12H,1-2H3/b13-12+. The average Bonchev–Trinajstić information content (AvgIpc) is 2.39. The lowest BCUT2D eigenvalue weighted by atomic mass is 10.0. The van der Waals surface area contributed by atoms with Crippen molar-refractivity contribution in [1.82, 2.24) is 0 Å². The number of hydrogen-bond acceptors (Lipinski definition) is 2. The summed E-state index contributed by atoms with van der Waals surface area (Å²) in [6.45, 7) is 2.02. The Morgan fingerprint density at radius 2 is 1.53 bits per heavy atom. The van der Waals surface area contributed by atoms with Gasteiger partial charge in [-0.2, -0.15) is 0 Å². The monoisotopic (exact) mass is 272 g/mol. The third-order valence-electron chi connectivity index (χ3n) is 2.92. The molecule has 3 heteroatoms. The lowest BCUT2D eigenvalue weighted by Crippen LogP contribution is -1.96. The van der Waals surface area contributed by atoms with Crippen LogP contribution < -0.4 is 0 Å². The average molecular weight is 272 g/mol. The van der Waals surface area contributed by atoms with Gasteiger partial charge in [-0.25, -0.2) is 8.42 Å². The molecule has 0 fully saturated rings. The zero-order valence-electron chi connectivity index (χ0n) is 11.0. The van der Waals surface area contributed by atoms with Crippen LogP contribution in [0.3, 0.4) is 0 Å². The topological polar surface area (TPSA) is 34.1 Å². The van der Waals surface area contributed by atoms with Gasteiger partial charge in [0.05, 0.1) is 4.90 Å². The van der Waals surface area contributed by atoms with Crippen molar-refractivity contribution in [3.63, 3.8) is 0 Å². The lowest BCUT2D eigenvalue weighted by Gasteiger charge is -2.04. The van der Waals surface area contributed by atoms with Crippen molar-refractivity contribution < 1.29 is 8.42 Å². The highest BCUT2D eigenvalue weighted by molar-refractivity contribution is 7.90. The molecule has 2 rings (SSSR count). The van der Waals surface area contributed by atoms with Gasteiger partial charge in [0.1, 0.15) is 0 Å². The van der Waals surface area contributed by atoms with Gasteiger partial charge in [0, 0.05) is 6.26 Å². The van der Waals surface area contributed by atoms with Crippen LogP contribution in [-0.4, -0.2) is 14.7 Å². The van der Waals surface area contributed by atoms with Crippen LogP contribution in [0.2, 0.25) is 0 Å². The molecule has 0 aromatic heterocycles. The van der Waals surface area contributed by atoms with Crippen LogP contribution in [0, 0.1) is 0 Å². The van der Waals surface area contributed by atoms with Crippen molar-refractivity contribution in [1.29, 1.82) is 0 Å². The Labute approximate surface area is 114 Å². The number of allylic oxidation sites excluding steroid dienone is 1. The Balaban J connectivity index is 2.30. The van der Waals surface area contributed by atoms with Crippen LogP contribution in [0.4, 0.5) is 0 Å². The Kier molecular flexibility index (Phi) is 3.86. The number of benzene rings is 2. The van der Waals surface area contributed by atoms with Gasteiger partial charge in [-0.05, 0) is 35.8 Å². The van der Waals surface area contributed by atoms with E-state index in [4.69, 9.17) is 0 Å². The first kappa shape index (κ1) is 13.6. The van der Waals surface area contributed by atoms with Crippen LogP contribution in [0.25, 0.3) is 11.6 Å². The number of hydrogen-bond donors (Lipinski definition) is 0. The van der Waals surface area contributed by atoms with E-state index in [1.807, 2.05) is 49.4 Å². The largest absolute Gasteiger partial charge is 0.224 e. The summed E-state index contributed by atoms with van der Waals surface area (Å²) in [5, 5.41) is 0. The highest BCUT2D eigenvalue weighted by atomic mass is 32.2. The molecule has 0 spiro atoms. The van der Waals surface area contributed by atoms with Crippen molar-refractivity contribution >= 4 is 21.5 Å². The molecule has 2 aromatic rings. The van der Waals surface area contributed by atoms with Gasteiger partial charge in [0.2, 0.25) is 0 Å². The summed E-state index contributed by atoms with van der Waals surface area (Å²) in [4.78, 5) is 0.351. The van der Waals surface area contributed by atoms with Crippen LogP contribution in [0.1, 0.15) is 18.1 Å². The molecule has 2 aromatic carbocycles. The quantitative estimate of drug-likeness (QED) is 0.799. The van der Waals surface area contributed by atoms with E-state index in [0.29, 0.717) is 4.90 Å². The first-order chi connectivity index (χ1) is 8.97. The highest BCUT2D eigenvalue weighted by Crippen LogP contribution is 2.19. The molecule has 0 unspecified atom stereocenters. The van der Waals surface area contributed by atoms with Gasteiger partial charge in [0.25, 0.3) is 0 Å². The summed E-state index contributed by atoms with van der Waals surface area (Å²) in [6, 6.07) is 17.0. The molecule has 0 aliphatic heterocycles. The summed E-state index contributed by atoms with van der Waals surface area (Å²) in [5.41, 5.74) is 3.26. The van der Waals surface area contributed by atoms with Crippen molar-refractivity contribution in [2.24, 2.45) is 0 Å². The van der Waals surface area contributed by atoms with Crippen LogP contribution >= 0.6 is 0 Å². The first-order valence-corrected chi connectivity index (χ1v) is 7.90. The van der Waals surface area contributed by atoms with E-state index in [2.05, 4.69) is 6.08 Å².